The lowest BCUT2D eigenvalue weighted by atomic mass is 10.1. The summed E-state index contributed by atoms with van der Waals surface area (Å²) < 4.78 is 0. The zero-order valence-electron chi connectivity index (χ0n) is 10.1. The van der Waals surface area contributed by atoms with E-state index in [-0.39, 0.29) is 6.61 Å². The minimum absolute atomic E-state index is 0.159. The highest BCUT2D eigenvalue weighted by atomic mass is 16.3. The van der Waals surface area contributed by atoms with Gasteiger partial charge in [0.15, 0.2) is 0 Å². The van der Waals surface area contributed by atoms with Crippen LogP contribution in [0.1, 0.15) is 24.5 Å². The van der Waals surface area contributed by atoms with Gasteiger partial charge in [0.1, 0.15) is 5.75 Å². The molecule has 0 saturated heterocycles. The van der Waals surface area contributed by atoms with Crippen LogP contribution in [0, 0.1) is 6.92 Å². The molecule has 0 aliphatic rings. The average molecular weight is 223 g/mol. The lowest BCUT2D eigenvalue weighted by Gasteiger charge is -2.21. The van der Waals surface area contributed by atoms with Crippen molar-refractivity contribution in [1.82, 2.24) is 4.90 Å². The van der Waals surface area contributed by atoms with Gasteiger partial charge in [-0.2, -0.15) is 0 Å². The summed E-state index contributed by atoms with van der Waals surface area (Å²) in [6, 6.07) is 5.62. The van der Waals surface area contributed by atoms with Gasteiger partial charge in [0.25, 0.3) is 0 Å². The van der Waals surface area contributed by atoms with Crippen LogP contribution in [0.4, 0.5) is 0 Å². The van der Waals surface area contributed by atoms with E-state index in [1.54, 1.807) is 6.07 Å². The van der Waals surface area contributed by atoms with Crippen LogP contribution in [0.5, 0.6) is 5.75 Å². The molecule has 0 unspecified atom stereocenters. The average Bonchev–Trinajstić information content (AvgIpc) is 2.24. The Kier molecular flexibility index (Phi) is 5.29. The Bertz CT molecular complexity index is 320. The Morgan fingerprint density at radius 1 is 1.25 bits per heavy atom. The summed E-state index contributed by atoms with van der Waals surface area (Å²) in [6.07, 6.45) is 1.05. The zero-order valence-corrected chi connectivity index (χ0v) is 10.1. The van der Waals surface area contributed by atoms with Crippen molar-refractivity contribution >= 4 is 0 Å². The molecule has 0 aliphatic carbocycles. The first-order valence-electron chi connectivity index (χ1n) is 5.79. The molecule has 0 fully saturated rings. The smallest absolute Gasteiger partial charge is 0.120 e. The minimum Gasteiger partial charge on any atom is -0.508 e. The number of hydrogen-bond donors (Lipinski definition) is 2. The molecule has 2 N–H and O–H groups in total. The van der Waals surface area contributed by atoms with Crippen LogP contribution in [0.25, 0.3) is 0 Å². The minimum atomic E-state index is 0.159. The molecule has 0 bridgehead atoms. The van der Waals surface area contributed by atoms with Crippen molar-refractivity contribution in [3.05, 3.63) is 29.3 Å². The second-order valence-electron chi connectivity index (χ2n) is 4.13. The standard InChI is InChI=1S/C13H21NO2/c1-3-6-14(7-8-15)10-12-9-11(2)4-5-13(12)16/h4-5,9,15-16H,3,6-8,10H2,1-2H3. The zero-order chi connectivity index (χ0) is 12.0. The largest absolute Gasteiger partial charge is 0.508 e. The van der Waals surface area contributed by atoms with E-state index in [1.807, 2.05) is 19.1 Å². The van der Waals surface area contributed by atoms with Crippen LogP contribution in [0.2, 0.25) is 0 Å². The van der Waals surface area contributed by atoms with E-state index in [4.69, 9.17) is 5.11 Å². The molecule has 3 heteroatoms. The first-order valence-corrected chi connectivity index (χ1v) is 5.79. The number of phenolic OH excluding ortho intramolecular Hbond substituents is 1. The number of aryl methyl sites for hydroxylation is 1. The summed E-state index contributed by atoms with van der Waals surface area (Å²) in [5.74, 6) is 0.338. The van der Waals surface area contributed by atoms with Gasteiger partial charge in [-0.1, -0.05) is 24.6 Å². The molecular formula is C13H21NO2. The maximum atomic E-state index is 9.73. The van der Waals surface area contributed by atoms with Gasteiger partial charge >= 0.3 is 0 Å². The van der Waals surface area contributed by atoms with Crippen LogP contribution in [0.3, 0.4) is 0 Å². The summed E-state index contributed by atoms with van der Waals surface area (Å²) in [7, 11) is 0. The van der Waals surface area contributed by atoms with Crippen LogP contribution >= 0.6 is 0 Å². The molecule has 0 heterocycles. The van der Waals surface area contributed by atoms with E-state index in [1.165, 1.54) is 0 Å². The fourth-order valence-electron chi connectivity index (χ4n) is 1.81. The number of aliphatic hydroxyl groups is 1. The maximum Gasteiger partial charge on any atom is 0.120 e. The summed E-state index contributed by atoms with van der Waals surface area (Å²) in [5, 5.41) is 18.7. The summed E-state index contributed by atoms with van der Waals surface area (Å²) in [5.41, 5.74) is 2.08. The quantitative estimate of drug-likeness (QED) is 0.774. The van der Waals surface area contributed by atoms with Crippen molar-refractivity contribution in [3.8, 4) is 5.75 Å². The van der Waals surface area contributed by atoms with E-state index in [0.29, 0.717) is 18.8 Å². The normalized spacial score (nSPS) is 11.0. The molecule has 0 atom stereocenters. The van der Waals surface area contributed by atoms with Crippen LogP contribution in [-0.4, -0.2) is 34.8 Å². The van der Waals surface area contributed by atoms with Crippen molar-refractivity contribution in [1.29, 1.82) is 0 Å². The second kappa shape index (κ2) is 6.51. The molecule has 1 aromatic rings. The number of rotatable bonds is 6. The Labute approximate surface area is 97.3 Å². The Balaban J connectivity index is 2.71. The number of nitrogens with zero attached hydrogens (tertiary/aromatic N) is 1. The molecule has 1 rings (SSSR count). The summed E-state index contributed by atoms with van der Waals surface area (Å²) in [4.78, 5) is 2.15. The van der Waals surface area contributed by atoms with Crippen LogP contribution in [-0.2, 0) is 6.54 Å². The molecule has 16 heavy (non-hydrogen) atoms. The summed E-state index contributed by atoms with van der Waals surface area (Å²) in [6.45, 7) is 6.57. The van der Waals surface area contributed by atoms with Crippen molar-refractivity contribution in [2.45, 2.75) is 26.8 Å². The van der Waals surface area contributed by atoms with E-state index < -0.39 is 0 Å². The fourth-order valence-corrected chi connectivity index (χ4v) is 1.81. The Morgan fingerprint density at radius 3 is 2.62 bits per heavy atom. The predicted molar refractivity (Wildman–Crippen MR) is 65.5 cm³/mol. The van der Waals surface area contributed by atoms with Gasteiger partial charge in [-0.25, -0.2) is 0 Å². The molecule has 0 aromatic heterocycles. The van der Waals surface area contributed by atoms with Crippen LogP contribution < -0.4 is 0 Å². The summed E-state index contributed by atoms with van der Waals surface area (Å²) >= 11 is 0. The first-order chi connectivity index (χ1) is 7.67. The van der Waals surface area contributed by atoms with Crippen molar-refractivity contribution in [2.24, 2.45) is 0 Å². The van der Waals surface area contributed by atoms with Gasteiger partial charge < -0.3 is 10.2 Å². The van der Waals surface area contributed by atoms with E-state index in [2.05, 4.69) is 11.8 Å². The van der Waals surface area contributed by atoms with Crippen molar-refractivity contribution in [2.75, 3.05) is 19.7 Å². The third-order valence-corrected chi connectivity index (χ3v) is 2.59. The van der Waals surface area contributed by atoms with Gasteiger partial charge in [0.05, 0.1) is 6.61 Å². The number of aliphatic hydroxyl groups excluding tert-OH is 1. The van der Waals surface area contributed by atoms with Crippen LogP contribution in [0.15, 0.2) is 18.2 Å². The first kappa shape index (κ1) is 13.0. The Hall–Kier alpha value is -1.06. The lowest BCUT2D eigenvalue weighted by molar-refractivity contribution is 0.189. The van der Waals surface area contributed by atoms with Crippen molar-refractivity contribution in [3.63, 3.8) is 0 Å². The second-order valence-corrected chi connectivity index (χ2v) is 4.13. The molecule has 0 radical (unpaired) electrons. The van der Waals surface area contributed by atoms with Crippen molar-refractivity contribution < 1.29 is 10.2 Å². The topological polar surface area (TPSA) is 43.7 Å². The van der Waals surface area contributed by atoms with E-state index in [9.17, 15) is 5.11 Å². The fraction of sp³-hybridized carbons (Fsp3) is 0.538. The molecule has 3 nitrogen and oxygen atoms in total. The Morgan fingerprint density at radius 2 is 2.00 bits per heavy atom. The molecule has 90 valence electrons. The lowest BCUT2D eigenvalue weighted by Crippen LogP contribution is -2.27. The molecule has 0 aliphatic heterocycles. The van der Waals surface area contributed by atoms with Gasteiger partial charge in [-0.05, 0) is 26.0 Å². The SMILES string of the molecule is CCCN(CCO)Cc1cc(C)ccc1O. The third kappa shape index (κ3) is 3.83. The molecule has 0 saturated carbocycles. The van der Waals surface area contributed by atoms with Gasteiger partial charge in [-0.15, -0.1) is 0 Å². The van der Waals surface area contributed by atoms with E-state index in [0.717, 1.165) is 24.1 Å². The highest BCUT2D eigenvalue weighted by Gasteiger charge is 2.07. The number of hydrogen-bond acceptors (Lipinski definition) is 3. The molecule has 1 aromatic carbocycles. The predicted octanol–water partition coefficient (Wildman–Crippen LogP) is 1.90. The number of phenols is 1. The van der Waals surface area contributed by atoms with Gasteiger partial charge in [-0.3, -0.25) is 4.90 Å². The highest BCUT2D eigenvalue weighted by Crippen LogP contribution is 2.19. The third-order valence-electron chi connectivity index (χ3n) is 2.59. The van der Waals surface area contributed by atoms with Gasteiger partial charge in [0, 0.05) is 18.7 Å². The monoisotopic (exact) mass is 223 g/mol. The molecule has 0 spiro atoms. The molecule has 0 amide bonds. The highest BCUT2D eigenvalue weighted by molar-refractivity contribution is 5.35. The number of benzene rings is 1. The number of aromatic hydroxyl groups is 1. The van der Waals surface area contributed by atoms with Gasteiger partial charge in [0.2, 0.25) is 0 Å². The van der Waals surface area contributed by atoms with E-state index >= 15 is 0 Å². The molecular weight excluding hydrogens is 202 g/mol. The maximum absolute atomic E-state index is 9.73.